The molecule has 2 aliphatic heterocycles. The minimum Gasteiger partial charge on any atom is -0.468 e. The molecule has 2 aliphatic rings. The zero-order chi connectivity index (χ0) is 23.5. The van der Waals surface area contributed by atoms with E-state index < -0.39 is 28.8 Å². The summed E-state index contributed by atoms with van der Waals surface area (Å²) in [4.78, 5) is 39.3. The van der Waals surface area contributed by atoms with E-state index in [1.165, 1.54) is 30.2 Å². The van der Waals surface area contributed by atoms with Crippen molar-refractivity contribution in [3.63, 3.8) is 0 Å². The van der Waals surface area contributed by atoms with Gasteiger partial charge in [-0.2, -0.15) is 0 Å². The molecule has 10 heteroatoms. The number of thiophene rings is 1. The topological polar surface area (TPSA) is 103 Å². The van der Waals surface area contributed by atoms with E-state index in [2.05, 4.69) is 10.6 Å². The van der Waals surface area contributed by atoms with Crippen LogP contribution in [0.15, 0.2) is 40.1 Å². The molecule has 174 valence electrons. The van der Waals surface area contributed by atoms with Gasteiger partial charge in [0.1, 0.15) is 5.54 Å². The highest BCUT2D eigenvalue weighted by atomic mass is 32.2. The third-order valence-corrected chi connectivity index (χ3v) is 7.67. The molecule has 3 heterocycles. The fourth-order valence-corrected chi connectivity index (χ4v) is 6.08. The molecule has 32 heavy (non-hydrogen) atoms. The fraction of sp³-hybridized carbons (Fsp3) is 0.500. The Kier molecular flexibility index (Phi) is 7.68. The average molecular weight is 481 g/mol. The number of carbonyl (C=O) groups excluding carboxylic acids is 3. The van der Waals surface area contributed by atoms with E-state index in [0.29, 0.717) is 28.3 Å². The third-order valence-electron chi connectivity index (χ3n) is 5.30. The van der Waals surface area contributed by atoms with Gasteiger partial charge >= 0.3 is 17.9 Å². The first-order valence-corrected chi connectivity index (χ1v) is 12.3. The van der Waals surface area contributed by atoms with E-state index in [1.807, 2.05) is 17.5 Å². The van der Waals surface area contributed by atoms with Gasteiger partial charge in [-0.3, -0.25) is 10.1 Å². The van der Waals surface area contributed by atoms with Crippen LogP contribution < -0.4 is 10.6 Å². The van der Waals surface area contributed by atoms with Gasteiger partial charge in [-0.25, -0.2) is 9.59 Å². The molecule has 0 saturated carbocycles. The minimum atomic E-state index is -0.907. The summed E-state index contributed by atoms with van der Waals surface area (Å²) in [5, 5.41) is 8.04. The van der Waals surface area contributed by atoms with Crippen LogP contribution in [0.4, 0.5) is 0 Å². The Bertz CT molecular complexity index is 956. The standard InChI is InChI=1S/C22H28N2O6S2/c1-6-29-19(25)14-12(3)23-17(18-24-22(4,11-32-18)21(27)28-5)16(20(26)30-7-2)15(14)13-9-8-10-31-13/h8-10,15,18,23-24H,6-7,11H2,1-5H3/t15-,18+,22-/m0/s1. The Labute approximate surface area is 195 Å². The van der Waals surface area contributed by atoms with Gasteiger partial charge in [0.25, 0.3) is 0 Å². The quantitative estimate of drug-likeness (QED) is 0.450. The number of dihydropyridines is 1. The number of carbonyl (C=O) groups is 3. The fourth-order valence-electron chi connectivity index (χ4n) is 3.84. The highest BCUT2D eigenvalue weighted by Gasteiger charge is 2.47. The molecule has 1 saturated heterocycles. The molecule has 3 rings (SSSR count). The van der Waals surface area contributed by atoms with Crippen LogP contribution >= 0.6 is 23.1 Å². The number of hydrogen-bond acceptors (Lipinski definition) is 10. The molecule has 0 spiro atoms. The first-order chi connectivity index (χ1) is 15.3. The van der Waals surface area contributed by atoms with Crippen LogP contribution in [-0.2, 0) is 28.6 Å². The number of esters is 3. The Morgan fingerprint density at radius 2 is 1.81 bits per heavy atom. The number of thioether (sulfide) groups is 1. The van der Waals surface area contributed by atoms with Gasteiger partial charge in [0.05, 0.1) is 48.5 Å². The summed E-state index contributed by atoms with van der Waals surface area (Å²) in [6.07, 6.45) is 0. The van der Waals surface area contributed by atoms with Crippen molar-refractivity contribution in [2.45, 2.75) is 44.5 Å². The molecule has 1 aromatic rings. The van der Waals surface area contributed by atoms with Crippen molar-refractivity contribution in [1.82, 2.24) is 10.6 Å². The normalized spacial score (nSPS) is 25.4. The van der Waals surface area contributed by atoms with Gasteiger partial charge in [-0.1, -0.05) is 6.07 Å². The van der Waals surface area contributed by atoms with E-state index in [4.69, 9.17) is 14.2 Å². The summed E-state index contributed by atoms with van der Waals surface area (Å²) in [7, 11) is 1.35. The monoisotopic (exact) mass is 480 g/mol. The molecular formula is C22H28N2O6S2. The number of methoxy groups -OCH3 is 1. The molecule has 1 aromatic heterocycles. The molecule has 8 nitrogen and oxygen atoms in total. The first-order valence-electron chi connectivity index (χ1n) is 10.3. The van der Waals surface area contributed by atoms with Crippen molar-refractivity contribution >= 4 is 41.0 Å². The minimum absolute atomic E-state index is 0.190. The van der Waals surface area contributed by atoms with Crippen LogP contribution in [0, 0.1) is 0 Å². The first kappa shape index (κ1) is 24.3. The van der Waals surface area contributed by atoms with Crippen LogP contribution in [0.25, 0.3) is 0 Å². The van der Waals surface area contributed by atoms with Crippen molar-refractivity contribution in [3.05, 3.63) is 44.9 Å². The third kappa shape index (κ3) is 4.57. The SMILES string of the molecule is CCOC(=O)C1=C(C)NC([C@@H]2N[C@](C)(C(=O)OC)CS2)=C(C(=O)OCC)[C@H]1c1cccs1. The van der Waals surface area contributed by atoms with E-state index in [9.17, 15) is 14.4 Å². The Morgan fingerprint density at radius 3 is 2.38 bits per heavy atom. The smallest absolute Gasteiger partial charge is 0.336 e. The number of allylic oxidation sites excluding steroid dienone is 1. The summed E-state index contributed by atoms with van der Waals surface area (Å²) in [6, 6.07) is 3.76. The van der Waals surface area contributed by atoms with E-state index in [-0.39, 0.29) is 19.2 Å². The van der Waals surface area contributed by atoms with Crippen molar-refractivity contribution in [2.75, 3.05) is 26.1 Å². The number of hydrogen-bond donors (Lipinski definition) is 2. The van der Waals surface area contributed by atoms with Gasteiger partial charge in [-0.15, -0.1) is 23.1 Å². The maximum Gasteiger partial charge on any atom is 0.336 e. The highest BCUT2D eigenvalue weighted by molar-refractivity contribution is 8.00. The Hall–Kier alpha value is -2.30. The highest BCUT2D eigenvalue weighted by Crippen LogP contribution is 2.44. The molecule has 0 aromatic carbocycles. The van der Waals surface area contributed by atoms with Gasteiger partial charge in [-0.05, 0) is 39.1 Å². The largest absolute Gasteiger partial charge is 0.468 e. The summed E-state index contributed by atoms with van der Waals surface area (Å²) in [5.41, 5.74) is 0.974. The van der Waals surface area contributed by atoms with Gasteiger partial charge < -0.3 is 19.5 Å². The molecule has 0 bridgehead atoms. The summed E-state index contributed by atoms with van der Waals surface area (Å²) >= 11 is 2.93. The second-order valence-electron chi connectivity index (χ2n) is 7.54. The Morgan fingerprint density at radius 1 is 1.16 bits per heavy atom. The number of nitrogens with one attached hydrogen (secondary N) is 2. The molecule has 0 amide bonds. The van der Waals surface area contributed by atoms with Crippen molar-refractivity contribution in [1.29, 1.82) is 0 Å². The Balaban J connectivity index is 2.14. The molecular weight excluding hydrogens is 452 g/mol. The van der Waals surface area contributed by atoms with Crippen LogP contribution in [0.2, 0.25) is 0 Å². The molecule has 2 N–H and O–H groups in total. The molecule has 3 atom stereocenters. The van der Waals surface area contributed by atoms with Crippen LogP contribution in [0.3, 0.4) is 0 Å². The van der Waals surface area contributed by atoms with Crippen molar-refractivity contribution in [3.8, 4) is 0 Å². The maximum atomic E-state index is 13.2. The molecule has 0 unspecified atom stereocenters. The lowest BCUT2D eigenvalue weighted by atomic mass is 9.83. The number of rotatable bonds is 7. The second kappa shape index (κ2) is 10.1. The molecule has 0 radical (unpaired) electrons. The van der Waals surface area contributed by atoms with Crippen LogP contribution in [-0.4, -0.2) is 54.9 Å². The van der Waals surface area contributed by atoms with E-state index >= 15 is 0 Å². The zero-order valence-corrected chi connectivity index (χ0v) is 20.4. The summed E-state index contributed by atoms with van der Waals surface area (Å²) in [5.74, 6) is -1.56. The summed E-state index contributed by atoms with van der Waals surface area (Å²) < 4.78 is 15.7. The lowest BCUT2D eigenvalue weighted by Gasteiger charge is -2.33. The van der Waals surface area contributed by atoms with Gasteiger partial charge in [0.15, 0.2) is 0 Å². The van der Waals surface area contributed by atoms with Gasteiger partial charge in [0.2, 0.25) is 0 Å². The lowest BCUT2D eigenvalue weighted by Crippen LogP contribution is -2.51. The second-order valence-corrected chi connectivity index (χ2v) is 9.61. The average Bonchev–Trinajstić information content (AvgIpc) is 3.43. The van der Waals surface area contributed by atoms with Crippen molar-refractivity contribution < 1.29 is 28.6 Å². The predicted molar refractivity (Wildman–Crippen MR) is 123 cm³/mol. The van der Waals surface area contributed by atoms with Crippen LogP contribution in [0.5, 0.6) is 0 Å². The lowest BCUT2D eigenvalue weighted by molar-refractivity contribution is -0.146. The van der Waals surface area contributed by atoms with E-state index in [0.717, 1.165) is 4.88 Å². The van der Waals surface area contributed by atoms with Gasteiger partial charge in [0, 0.05) is 16.3 Å². The molecule has 1 fully saturated rings. The number of ether oxygens (including phenoxy) is 3. The summed E-state index contributed by atoms with van der Waals surface area (Å²) in [6.45, 7) is 7.44. The van der Waals surface area contributed by atoms with Crippen LogP contribution in [0.1, 0.15) is 38.5 Å². The predicted octanol–water partition coefficient (Wildman–Crippen LogP) is 2.68. The van der Waals surface area contributed by atoms with Crippen molar-refractivity contribution in [2.24, 2.45) is 0 Å². The van der Waals surface area contributed by atoms with E-state index in [1.54, 1.807) is 27.7 Å². The maximum absolute atomic E-state index is 13.2. The molecule has 0 aliphatic carbocycles. The zero-order valence-electron chi connectivity index (χ0n) is 18.8.